The molecule has 5 heteroatoms. The number of benzene rings is 2. The Kier molecular flexibility index (Phi) is 5.72. The van der Waals surface area contributed by atoms with E-state index in [0.717, 1.165) is 53.2 Å². The standard InChI is InChI=1S/C23H25FN2OS/c1-17-9-11-25(12-10-17)23(27)16-28-22-15-26(21-8-3-2-7-20(21)22)14-18-5-4-6-19(24)13-18/h2-8,13,15,17H,9-12,14,16H2,1H3. The Morgan fingerprint density at radius 2 is 1.93 bits per heavy atom. The van der Waals surface area contributed by atoms with E-state index in [1.54, 1.807) is 23.9 Å². The molecule has 28 heavy (non-hydrogen) atoms. The van der Waals surface area contributed by atoms with Gasteiger partial charge in [0.1, 0.15) is 5.82 Å². The van der Waals surface area contributed by atoms with Crippen LogP contribution in [0.15, 0.2) is 59.6 Å². The van der Waals surface area contributed by atoms with Crippen LogP contribution in [-0.2, 0) is 11.3 Å². The predicted octanol–water partition coefficient (Wildman–Crippen LogP) is 5.18. The molecular formula is C23H25FN2OS. The zero-order valence-electron chi connectivity index (χ0n) is 16.1. The molecule has 3 aromatic rings. The minimum Gasteiger partial charge on any atom is -0.342 e. The lowest BCUT2D eigenvalue weighted by molar-refractivity contribution is -0.129. The first kappa shape index (κ1) is 19.1. The highest BCUT2D eigenvalue weighted by molar-refractivity contribution is 8.00. The molecule has 0 N–H and O–H groups in total. The summed E-state index contributed by atoms with van der Waals surface area (Å²) >= 11 is 1.60. The van der Waals surface area contributed by atoms with E-state index in [9.17, 15) is 9.18 Å². The molecule has 2 aromatic carbocycles. The fourth-order valence-electron chi connectivity index (χ4n) is 3.78. The fourth-order valence-corrected chi connectivity index (χ4v) is 4.77. The summed E-state index contributed by atoms with van der Waals surface area (Å²) < 4.78 is 15.7. The maximum atomic E-state index is 13.5. The van der Waals surface area contributed by atoms with Crippen molar-refractivity contribution in [2.24, 2.45) is 5.92 Å². The molecule has 4 rings (SSSR count). The summed E-state index contributed by atoms with van der Waals surface area (Å²) in [5.74, 6) is 1.18. The SMILES string of the molecule is CC1CCN(C(=O)CSc2cn(Cc3cccc(F)c3)c3ccccc23)CC1. The van der Waals surface area contributed by atoms with Crippen molar-refractivity contribution in [1.82, 2.24) is 9.47 Å². The third kappa shape index (κ3) is 4.25. The molecule has 3 nitrogen and oxygen atoms in total. The van der Waals surface area contributed by atoms with Crippen LogP contribution in [0.3, 0.4) is 0 Å². The number of carbonyl (C=O) groups is 1. The van der Waals surface area contributed by atoms with Gasteiger partial charge in [0.15, 0.2) is 0 Å². The number of nitrogens with zero attached hydrogens (tertiary/aromatic N) is 2. The number of aromatic nitrogens is 1. The molecule has 0 radical (unpaired) electrons. The van der Waals surface area contributed by atoms with Crippen molar-refractivity contribution < 1.29 is 9.18 Å². The van der Waals surface area contributed by atoms with E-state index in [4.69, 9.17) is 0 Å². The van der Waals surface area contributed by atoms with Crippen molar-refractivity contribution >= 4 is 28.6 Å². The van der Waals surface area contributed by atoms with Gasteiger partial charge in [0.25, 0.3) is 0 Å². The average molecular weight is 397 g/mol. The third-order valence-corrected chi connectivity index (χ3v) is 6.51. The van der Waals surface area contributed by atoms with Gasteiger partial charge in [0.2, 0.25) is 5.91 Å². The molecule has 0 spiro atoms. The number of rotatable bonds is 5. The molecule has 0 atom stereocenters. The molecule has 1 aromatic heterocycles. The quantitative estimate of drug-likeness (QED) is 0.555. The first-order valence-electron chi connectivity index (χ1n) is 9.83. The van der Waals surface area contributed by atoms with Crippen molar-refractivity contribution in [1.29, 1.82) is 0 Å². The maximum absolute atomic E-state index is 13.5. The highest BCUT2D eigenvalue weighted by Gasteiger charge is 2.20. The Labute approximate surface area is 169 Å². The molecule has 0 unspecified atom stereocenters. The van der Waals surface area contributed by atoms with E-state index in [2.05, 4.69) is 29.8 Å². The number of likely N-dealkylation sites (tertiary alicyclic amines) is 1. The molecule has 1 saturated heterocycles. The normalized spacial score (nSPS) is 15.3. The summed E-state index contributed by atoms with van der Waals surface area (Å²) in [6.07, 6.45) is 4.29. The van der Waals surface area contributed by atoms with Crippen LogP contribution in [-0.4, -0.2) is 34.2 Å². The van der Waals surface area contributed by atoms with Crippen molar-refractivity contribution in [3.63, 3.8) is 0 Å². The minimum absolute atomic E-state index is 0.218. The van der Waals surface area contributed by atoms with Crippen LogP contribution in [0, 0.1) is 11.7 Å². The lowest BCUT2D eigenvalue weighted by atomic mass is 9.99. The molecule has 0 bridgehead atoms. The van der Waals surface area contributed by atoms with Crippen molar-refractivity contribution in [3.8, 4) is 0 Å². The van der Waals surface area contributed by atoms with Crippen LogP contribution >= 0.6 is 11.8 Å². The summed E-state index contributed by atoms with van der Waals surface area (Å²) in [4.78, 5) is 15.7. The second kappa shape index (κ2) is 8.39. The van der Waals surface area contributed by atoms with Crippen molar-refractivity contribution in [2.45, 2.75) is 31.2 Å². The molecule has 2 heterocycles. The first-order valence-corrected chi connectivity index (χ1v) is 10.8. The Morgan fingerprint density at radius 3 is 2.71 bits per heavy atom. The summed E-state index contributed by atoms with van der Waals surface area (Å²) in [5.41, 5.74) is 2.03. The highest BCUT2D eigenvalue weighted by atomic mass is 32.2. The number of halogens is 1. The number of hydrogen-bond donors (Lipinski definition) is 0. The fraction of sp³-hybridized carbons (Fsp3) is 0.348. The van der Waals surface area contributed by atoms with Gasteiger partial charge in [-0.3, -0.25) is 4.79 Å². The van der Waals surface area contributed by atoms with Gasteiger partial charge in [-0.15, -0.1) is 11.8 Å². The van der Waals surface area contributed by atoms with Gasteiger partial charge in [-0.2, -0.15) is 0 Å². The van der Waals surface area contributed by atoms with Crippen LogP contribution in [0.25, 0.3) is 10.9 Å². The smallest absolute Gasteiger partial charge is 0.232 e. The summed E-state index contributed by atoms with van der Waals surface area (Å²) in [6.45, 7) is 4.62. The Morgan fingerprint density at radius 1 is 1.14 bits per heavy atom. The maximum Gasteiger partial charge on any atom is 0.232 e. The van der Waals surface area contributed by atoms with Crippen molar-refractivity contribution in [2.75, 3.05) is 18.8 Å². The van der Waals surface area contributed by atoms with E-state index in [-0.39, 0.29) is 11.7 Å². The first-order chi connectivity index (χ1) is 13.6. The molecule has 1 fully saturated rings. The number of carbonyl (C=O) groups excluding carboxylic acids is 1. The van der Waals surface area contributed by atoms with Crippen LogP contribution in [0.4, 0.5) is 4.39 Å². The van der Waals surface area contributed by atoms with Gasteiger partial charge in [-0.1, -0.05) is 37.3 Å². The second-order valence-corrected chi connectivity index (χ2v) is 8.64. The highest BCUT2D eigenvalue weighted by Crippen LogP contribution is 2.31. The molecule has 146 valence electrons. The Bertz CT molecular complexity index is 976. The van der Waals surface area contributed by atoms with Gasteiger partial charge >= 0.3 is 0 Å². The van der Waals surface area contributed by atoms with Gasteiger partial charge in [0.05, 0.1) is 5.75 Å². The Balaban J connectivity index is 1.50. The van der Waals surface area contributed by atoms with E-state index in [1.807, 2.05) is 23.1 Å². The molecule has 1 aliphatic rings. The third-order valence-electron chi connectivity index (χ3n) is 5.48. The number of para-hydroxylation sites is 1. The average Bonchev–Trinajstić information content (AvgIpc) is 3.04. The summed E-state index contributed by atoms with van der Waals surface area (Å²) in [5, 5.41) is 1.14. The topological polar surface area (TPSA) is 25.2 Å². The zero-order chi connectivity index (χ0) is 19.5. The largest absolute Gasteiger partial charge is 0.342 e. The molecule has 0 aliphatic carbocycles. The number of hydrogen-bond acceptors (Lipinski definition) is 2. The number of amides is 1. The van der Waals surface area contributed by atoms with Crippen LogP contribution in [0.2, 0.25) is 0 Å². The Hall–Kier alpha value is -2.27. The van der Waals surface area contributed by atoms with E-state index in [1.165, 1.54) is 6.07 Å². The van der Waals surface area contributed by atoms with E-state index in [0.29, 0.717) is 12.3 Å². The van der Waals surface area contributed by atoms with Gasteiger partial charge in [-0.25, -0.2) is 4.39 Å². The van der Waals surface area contributed by atoms with E-state index < -0.39 is 0 Å². The molecule has 1 aliphatic heterocycles. The van der Waals surface area contributed by atoms with Crippen LogP contribution in [0.1, 0.15) is 25.3 Å². The van der Waals surface area contributed by atoms with Gasteiger partial charge in [-0.05, 0) is 42.5 Å². The summed E-state index contributed by atoms with van der Waals surface area (Å²) in [6, 6.07) is 14.9. The van der Waals surface area contributed by atoms with Gasteiger partial charge < -0.3 is 9.47 Å². The zero-order valence-corrected chi connectivity index (χ0v) is 16.9. The lowest BCUT2D eigenvalue weighted by Gasteiger charge is -2.30. The predicted molar refractivity (Wildman–Crippen MR) is 113 cm³/mol. The van der Waals surface area contributed by atoms with Crippen LogP contribution in [0.5, 0.6) is 0 Å². The molecule has 1 amide bonds. The number of piperidine rings is 1. The van der Waals surface area contributed by atoms with Gasteiger partial charge in [0, 0.05) is 41.6 Å². The second-order valence-electron chi connectivity index (χ2n) is 7.62. The molecular weight excluding hydrogens is 371 g/mol. The minimum atomic E-state index is -0.218. The lowest BCUT2D eigenvalue weighted by Crippen LogP contribution is -2.38. The van der Waals surface area contributed by atoms with Crippen LogP contribution < -0.4 is 0 Å². The monoisotopic (exact) mass is 396 g/mol. The number of fused-ring (bicyclic) bond motifs is 1. The molecule has 0 saturated carbocycles. The van der Waals surface area contributed by atoms with Crippen molar-refractivity contribution in [3.05, 3.63) is 66.1 Å². The van der Waals surface area contributed by atoms with E-state index >= 15 is 0 Å². The summed E-state index contributed by atoms with van der Waals surface area (Å²) in [7, 11) is 0. The number of thioether (sulfide) groups is 1.